The number of hydrogen-bond acceptors (Lipinski definition) is 4. The highest BCUT2D eigenvalue weighted by molar-refractivity contribution is 6.35. The van der Waals surface area contributed by atoms with Crippen molar-refractivity contribution < 1.29 is 14.3 Å². The van der Waals surface area contributed by atoms with Gasteiger partial charge in [0.2, 0.25) is 0 Å². The average molecular weight is 271 g/mol. The molecule has 0 radical (unpaired) electrons. The molecule has 19 heavy (non-hydrogen) atoms. The molecule has 2 amide bonds. The number of nitrogens with one attached hydrogen (secondary N) is 1. The summed E-state index contributed by atoms with van der Waals surface area (Å²) in [6.45, 7) is 9.76. The summed E-state index contributed by atoms with van der Waals surface area (Å²) in [4.78, 5) is 27.4. The summed E-state index contributed by atoms with van der Waals surface area (Å²) >= 11 is 0. The van der Waals surface area contributed by atoms with Crippen LogP contribution in [-0.2, 0) is 14.3 Å². The van der Waals surface area contributed by atoms with Crippen molar-refractivity contribution in [2.75, 3.05) is 52.5 Å². The Morgan fingerprint density at radius 1 is 1.16 bits per heavy atom. The maximum Gasteiger partial charge on any atom is 0.311 e. The molecule has 1 fully saturated rings. The van der Waals surface area contributed by atoms with Crippen LogP contribution >= 0.6 is 0 Å². The summed E-state index contributed by atoms with van der Waals surface area (Å²) in [5, 5.41) is 2.64. The van der Waals surface area contributed by atoms with Gasteiger partial charge in [0.25, 0.3) is 0 Å². The van der Waals surface area contributed by atoms with E-state index in [0.717, 1.165) is 26.1 Å². The zero-order chi connectivity index (χ0) is 14.1. The van der Waals surface area contributed by atoms with Crippen LogP contribution in [0.1, 0.15) is 20.3 Å². The van der Waals surface area contributed by atoms with Gasteiger partial charge in [-0.05, 0) is 19.9 Å². The molecule has 6 nitrogen and oxygen atoms in total. The first-order chi connectivity index (χ1) is 9.19. The number of ether oxygens (including phenoxy) is 1. The maximum absolute atomic E-state index is 11.9. The van der Waals surface area contributed by atoms with E-state index in [9.17, 15) is 9.59 Å². The van der Waals surface area contributed by atoms with Crippen LogP contribution in [0.2, 0.25) is 0 Å². The first-order valence-corrected chi connectivity index (χ1v) is 7.06. The molecular weight excluding hydrogens is 246 g/mol. The highest BCUT2D eigenvalue weighted by Crippen LogP contribution is 2.01. The van der Waals surface area contributed by atoms with Crippen molar-refractivity contribution in [2.45, 2.75) is 20.3 Å². The van der Waals surface area contributed by atoms with E-state index >= 15 is 0 Å². The van der Waals surface area contributed by atoms with Crippen LogP contribution in [-0.4, -0.2) is 74.1 Å². The molecule has 0 unspecified atom stereocenters. The first kappa shape index (κ1) is 15.9. The Morgan fingerprint density at radius 3 is 2.42 bits per heavy atom. The minimum atomic E-state index is -0.499. The third-order valence-corrected chi connectivity index (χ3v) is 3.26. The number of piperazine rings is 1. The molecule has 1 aliphatic rings. The van der Waals surface area contributed by atoms with Crippen molar-refractivity contribution in [1.82, 2.24) is 15.1 Å². The van der Waals surface area contributed by atoms with Crippen molar-refractivity contribution in [2.24, 2.45) is 0 Å². The molecule has 110 valence electrons. The predicted octanol–water partition coefficient (Wildman–Crippen LogP) is -0.307. The molecule has 0 spiro atoms. The number of nitrogens with zero attached hydrogens (tertiary/aromatic N) is 2. The molecule has 0 atom stereocenters. The number of carbonyl (C=O) groups is 2. The molecule has 0 aliphatic carbocycles. The zero-order valence-corrected chi connectivity index (χ0v) is 12.0. The van der Waals surface area contributed by atoms with E-state index in [1.165, 1.54) is 0 Å². The molecule has 1 N–H and O–H groups in total. The fourth-order valence-electron chi connectivity index (χ4n) is 2.01. The average Bonchev–Trinajstić information content (AvgIpc) is 2.46. The largest absolute Gasteiger partial charge is 0.382 e. The summed E-state index contributed by atoms with van der Waals surface area (Å²) in [5.74, 6) is -0.909. The quantitative estimate of drug-likeness (QED) is 0.532. The second kappa shape index (κ2) is 8.87. The zero-order valence-electron chi connectivity index (χ0n) is 12.0. The van der Waals surface area contributed by atoms with E-state index in [0.29, 0.717) is 32.8 Å². The monoisotopic (exact) mass is 271 g/mol. The molecule has 1 heterocycles. The van der Waals surface area contributed by atoms with E-state index in [2.05, 4.69) is 17.1 Å². The minimum Gasteiger partial charge on any atom is -0.382 e. The molecule has 1 aliphatic heterocycles. The van der Waals surface area contributed by atoms with Crippen LogP contribution in [0.5, 0.6) is 0 Å². The molecule has 0 bridgehead atoms. The summed E-state index contributed by atoms with van der Waals surface area (Å²) in [5.41, 5.74) is 0. The fraction of sp³-hybridized carbons (Fsp3) is 0.846. The lowest BCUT2D eigenvalue weighted by molar-refractivity contribution is -0.147. The maximum atomic E-state index is 11.9. The molecule has 0 saturated carbocycles. The Balaban J connectivity index is 2.19. The van der Waals surface area contributed by atoms with Gasteiger partial charge in [-0.1, -0.05) is 6.92 Å². The molecule has 0 aromatic heterocycles. The summed E-state index contributed by atoms with van der Waals surface area (Å²) < 4.78 is 5.16. The molecular formula is C13H25N3O3. The van der Waals surface area contributed by atoms with Crippen LogP contribution in [0.25, 0.3) is 0 Å². The third kappa shape index (κ3) is 5.57. The number of likely N-dealkylation sites (N-methyl/N-ethyl adjacent to an activating group) is 1. The second-order valence-corrected chi connectivity index (χ2v) is 4.53. The summed E-state index contributed by atoms with van der Waals surface area (Å²) in [6.07, 6.45) is 0.733. The Morgan fingerprint density at radius 2 is 1.84 bits per heavy atom. The molecule has 6 heteroatoms. The van der Waals surface area contributed by atoms with E-state index in [1.54, 1.807) is 4.90 Å². The number of carbonyl (C=O) groups excluding carboxylic acids is 2. The van der Waals surface area contributed by atoms with Crippen LogP contribution < -0.4 is 5.32 Å². The normalized spacial score (nSPS) is 16.4. The van der Waals surface area contributed by atoms with Gasteiger partial charge < -0.3 is 19.9 Å². The standard InChI is InChI=1S/C13H25N3O3/c1-3-15-7-9-16(10-8-15)13(18)12(17)14-6-5-11-19-4-2/h3-11H2,1-2H3,(H,14,17). The lowest BCUT2D eigenvalue weighted by Gasteiger charge is -2.33. The molecule has 0 aromatic rings. The number of amides is 2. The Kier molecular flexibility index (Phi) is 7.43. The van der Waals surface area contributed by atoms with Gasteiger partial charge in [0, 0.05) is 45.9 Å². The Labute approximate surface area is 115 Å². The van der Waals surface area contributed by atoms with Gasteiger partial charge in [-0.25, -0.2) is 0 Å². The number of hydrogen-bond donors (Lipinski definition) is 1. The summed E-state index contributed by atoms with van der Waals surface area (Å²) in [6, 6.07) is 0. The van der Waals surface area contributed by atoms with E-state index in [1.807, 2.05) is 6.92 Å². The lowest BCUT2D eigenvalue weighted by Crippen LogP contribution is -2.52. The van der Waals surface area contributed by atoms with Crippen molar-refractivity contribution >= 4 is 11.8 Å². The van der Waals surface area contributed by atoms with Crippen LogP contribution in [0.4, 0.5) is 0 Å². The van der Waals surface area contributed by atoms with Gasteiger partial charge in [-0.15, -0.1) is 0 Å². The van der Waals surface area contributed by atoms with Crippen molar-refractivity contribution in [1.29, 1.82) is 0 Å². The fourth-order valence-corrected chi connectivity index (χ4v) is 2.01. The molecule has 1 rings (SSSR count). The molecule has 0 aromatic carbocycles. The van der Waals surface area contributed by atoms with Gasteiger partial charge in [-0.3, -0.25) is 9.59 Å². The third-order valence-electron chi connectivity index (χ3n) is 3.26. The van der Waals surface area contributed by atoms with Gasteiger partial charge in [-0.2, -0.15) is 0 Å². The van der Waals surface area contributed by atoms with E-state index in [4.69, 9.17) is 4.74 Å². The Bertz CT molecular complexity index is 289. The smallest absolute Gasteiger partial charge is 0.311 e. The second-order valence-electron chi connectivity index (χ2n) is 4.53. The highest BCUT2D eigenvalue weighted by atomic mass is 16.5. The van der Waals surface area contributed by atoms with E-state index < -0.39 is 11.8 Å². The van der Waals surface area contributed by atoms with Gasteiger partial charge in [0.05, 0.1) is 0 Å². The lowest BCUT2D eigenvalue weighted by atomic mass is 10.3. The van der Waals surface area contributed by atoms with Crippen molar-refractivity contribution in [3.63, 3.8) is 0 Å². The van der Waals surface area contributed by atoms with Crippen LogP contribution in [0.15, 0.2) is 0 Å². The van der Waals surface area contributed by atoms with E-state index in [-0.39, 0.29) is 0 Å². The van der Waals surface area contributed by atoms with Crippen molar-refractivity contribution in [3.05, 3.63) is 0 Å². The minimum absolute atomic E-state index is 0.410. The topological polar surface area (TPSA) is 61.9 Å². The van der Waals surface area contributed by atoms with Crippen molar-refractivity contribution in [3.8, 4) is 0 Å². The van der Waals surface area contributed by atoms with Gasteiger partial charge >= 0.3 is 11.8 Å². The SMILES string of the molecule is CCOCCCNC(=O)C(=O)N1CCN(CC)CC1. The van der Waals surface area contributed by atoms with Gasteiger partial charge in [0.15, 0.2) is 0 Å². The number of rotatable bonds is 6. The predicted molar refractivity (Wildman–Crippen MR) is 72.8 cm³/mol. The first-order valence-electron chi connectivity index (χ1n) is 7.06. The highest BCUT2D eigenvalue weighted by Gasteiger charge is 2.24. The Hall–Kier alpha value is -1.14. The van der Waals surface area contributed by atoms with Crippen LogP contribution in [0, 0.1) is 0 Å². The van der Waals surface area contributed by atoms with Gasteiger partial charge in [0.1, 0.15) is 0 Å². The molecule has 1 saturated heterocycles. The summed E-state index contributed by atoms with van der Waals surface area (Å²) in [7, 11) is 0. The van der Waals surface area contributed by atoms with Crippen LogP contribution in [0.3, 0.4) is 0 Å².